The van der Waals surface area contributed by atoms with Gasteiger partial charge in [0.1, 0.15) is 11.6 Å². The van der Waals surface area contributed by atoms with Gasteiger partial charge in [-0.2, -0.15) is 5.10 Å². The van der Waals surface area contributed by atoms with Crippen LogP contribution in [-0.2, 0) is 6.42 Å². The van der Waals surface area contributed by atoms with Gasteiger partial charge in [0.15, 0.2) is 11.5 Å². The molecule has 1 aliphatic rings. The zero-order chi connectivity index (χ0) is 20.6. The molecule has 0 unspecified atom stereocenters. The summed E-state index contributed by atoms with van der Waals surface area (Å²) in [7, 11) is 3.14. The molecule has 9 heteroatoms. The van der Waals surface area contributed by atoms with Crippen LogP contribution in [0.15, 0.2) is 42.5 Å². The van der Waals surface area contributed by atoms with Crippen LogP contribution in [0.1, 0.15) is 5.56 Å². The van der Waals surface area contributed by atoms with Gasteiger partial charge in [0, 0.05) is 17.7 Å². The van der Waals surface area contributed by atoms with Crippen molar-refractivity contribution in [3.05, 3.63) is 48.0 Å². The van der Waals surface area contributed by atoms with Crippen molar-refractivity contribution in [2.45, 2.75) is 12.8 Å². The van der Waals surface area contributed by atoms with Crippen molar-refractivity contribution in [2.75, 3.05) is 26.1 Å². The Morgan fingerprint density at radius 3 is 2.38 bits per heavy atom. The third kappa shape index (κ3) is 3.67. The van der Waals surface area contributed by atoms with Gasteiger partial charge >= 0.3 is 6.36 Å². The van der Waals surface area contributed by atoms with E-state index in [1.165, 1.54) is 24.3 Å². The number of ether oxygens (including phenoxy) is 3. The van der Waals surface area contributed by atoms with Crippen LogP contribution in [0, 0.1) is 0 Å². The summed E-state index contributed by atoms with van der Waals surface area (Å²) in [5.74, 6) is 1.75. The Morgan fingerprint density at radius 2 is 1.72 bits per heavy atom. The molecule has 2 heterocycles. The molecular formula is C20H18F3N3O3. The molecule has 152 valence electrons. The quantitative estimate of drug-likeness (QED) is 0.681. The summed E-state index contributed by atoms with van der Waals surface area (Å²) in [5.41, 5.74) is 3.30. The highest BCUT2D eigenvalue weighted by Crippen LogP contribution is 2.38. The summed E-state index contributed by atoms with van der Waals surface area (Å²) < 4.78 is 53.4. The summed E-state index contributed by atoms with van der Waals surface area (Å²) in [6.07, 6.45) is -3.94. The zero-order valence-electron chi connectivity index (χ0n) is 15.7. The van der Waals surface area contributed by atoms with Crippen molar-refractivity contribution < 1.29 is 27.4 Å². The molecule has 6 nitrogen and oxygen atoms in total. The number of halogens is 3. The summed E-state index contributed by atoms with van der Waals surface area (Å²) in [6, 6.07) is 11.2. The van der Waals surface area contributed by atoms with E-state index in [9.17, 15) is 13.2 Å². The van der Waals surface area contributed by atoms with Crippen LogP contribution < -0.4 is 19.5 Å². The third-order valence-electron chi connectivity index (χ3n) is 4.62. The monoisotopic (exact) mass is 405 g/mol. The van der Waals surface area contributed by atoms with Crippen molar-refractivity contribution in [3.63, 3.8) is 0 Å². The van der Waals surface area contributed by atoms with Gasteiger partial charge in [0.25, 0.3) is 0 Å². The van der Waals surface area contributed by atoms with Gasteiger partial charge < -0.3 is 19.5 Å². The number of alkyl halides is 3. The van der Waals surface area contributed by atoms with E-state index in [0.717, 1.165) is 35.6 Å². The first kappa shape index (κ1) is 19.0. The van der Waals surface area contributed by atoms with Crippen molar-refractivity contribution >= 4 is 5.82 Å². The number of fused-ring (bicyclic) bond motifs is 1. The molecule has 2 aromatic carbocycles. The molecule has 0 saturated carbocycles. The molecular weight excluding hydrogens is 387 g/mol. The third-order valence-corrected chi connectivity index (χ3v) is 4.62. The SMILES string of the molecule is COc1ccc(-c2nn(-c3ccc(OC(F)(F)F)cc3)c3c2CCN3)cc1OC. The summed E-state index contributed by atoms with van der Waals surface area (Å²) in [6.45, 7) is 0.753. The number of nitrogens with one attached hydrogen (secondary N) is 1. The van der Waals surface area contributed by atoms with E-state index < -0.39 is 6.36 Å². The van der Waals surface area contributed by atoms with E-state index in [4.69, 9.17) is 14.6 Å². The van der Waals surface area contributed by atoms with Crippen molar-refractivity contribution in [2.24, 2.45) is 0 Å². The zero-order valence-corrected chi connectivity index (χ0v) is 15.7. The predicted octanol–water partition coefficient (Wildman–Crippen LogP) is 4.42. The second kappa shape index (κ2) is 7.23. The van der Waals surface area contributed by atoms with Gasteiger partial charge in [-0.3, -0.25) is 0 Å². The van der Waals surface area contributed by atoms with E-state index in [0.29, 0.717) is 17.2 Å². The lowest BCUT2D eigenvalue weighted by Crippen LogP contribution is -2.17. The number of rotatable bonds is 5. The van der Waals surface area contributed by atoms with Crippen molar-refractivity contribution in [3.8, 4) is 34.2 Å². The molecule has 0 fully saturated rings. The first-order valence-corrected chi connectivity index (χ1v) is 8.84. The van der Waals surface area contributed by atoms with Gasteiger partial charge in [-0.25, -0.2) is 4.68 Å². The van der Waals surface area contributed by atoms with E-state index in [2.05, 4.69) is 10.1 Å². The number of benzene rings is 2. The smallest absolute Gasteiger partial charge is 0.493 e. The molecule has 29 heavy (non-hydrogen) atoms. The number of hydrogen-bond donors (Lipinski definition) is 1. The minimum atomic E-state index is -4.73. The molecule has 0 saturated heterocycles. The maximum atomic E-state index is 12.4. The van der Waals surface area contributed by atoms with Crippen LogP contribution in [-0.4, -0.2) is 36.9 Å². The van der Waals surface area contributed by atoms with Crippen LogP contribution >= 0.6 is 0 Å². The average Bonchev–Trinajstić information content (AvgIpc) is 3.30. The fourth-order valence-electron chi connectivity index (χ4n) is 3.37. The van der Waals surface area contributed by atoms with E-state index in [-0.39, 0.29) is 5.75 Å². The van der Waals surface area contributed by atoms with Crippen molar-refractivity contribution in [1.82, 2.24) is 9.78 Å². The van der Waals surface area contributed by atoms with Crippen LogP contribution in [0.3, 0.4) is 0 Å². The Balaban J connectivity index is 1.73. The van der Waals surface area contributed by atoms with Gasteiger partial charge in [0.05, 0.1) is 25.6 Å². The number of anilines is 1. The van der Waals surface area contributed by atoms with E-state index in [1.807, 2.05) is 18.2 Å². The maximum Gasteiger partial charge on any atom is 0.573 e. The molecule has 0 aliphatic carbocycles. The molecule has 0 atom stereocenters. The molecule has 0 spiro atoms. The van der Waals surface area contributed by atoms with Crippen LogP contribution in [0.5, 0.6) is 17.2 Å². The Kier molecular flexibility index (Phi) is 4.73. The standard InChI is InChI=1S/C20H18F3N3O3/c1-27-16-8-3-12(11-17(16)28-2)18-15-9-10-24-19(15)26(25-18)13-4-6-14(7-5-13)29-20(21,22)23/h3-8,11,24H,9-10H2,1-2H3. The Labute approximate surface area is 164 Å². The highest BCUT2D eigenvalue weighted by atomic mass is 19.4. The Hall–Kier alpha value is -3.36. The fourth-order valence-corrected chi connectivity index (χ4v) is 3.37. The van der Waals surface area contributed by atoms with Gasteiger partial charge in [0.2, 0.25) is 0 Å². The normalized spacial score (nSPS) is 13.0. The van der Waals surface area contributed by atoms with Crippen LogP contribution in [0.25, 0.3) is 16.9 Å². The minimum Gasteiger partial charge on any atom is -0.493 e. The fraction of sp³-hybridized carbons (Fsp3) is 0.250. The van der Waals surface area contributed by atoms with Gasteiger partial charge in [-0.15, -0.1) is 13.2 Å². The Bertz CT molecular complexity index is 1030. The number of hydrogen-bond acceptors (Lipinski definition) is 5. The molecule has 3 aromatic rings. The average molecular weight is 405 g/mol. The molecule has 0 bridgehead atoms. The molecule has 0 amide bonds. The number of nitrogens with zero attached hydrogens (tertiary/aromatic N) is 2. The van der Waals surface area contributed by atoms with E-state index >= 15 is 0 Å². The van der Waals surface area contributed by atoms with Crippen LogP contribution in [0.2, 0.25) is 0 Å². The predicted molar refractivity (Wildman–Crippen MR) is 101 cm³/mol. The van der Waals surface area contributed by atoms with Crippen molar-refractivity contribution in [1.29, 1.82) is 0 Å². The first-order valence-electron chi connectivity index (χ1n) is 8.84. The summed E-state index contributed by atoms with van der Waals surface area (Å²) in [5, 5.41) is 8.00. The highest BCUT2D eigenvalue weighted by Gasteiger charge is 2.31. The lowest BCUT2D eigenvalue weighted by atomic mass is 10.1. The molecule has 0 radical (unpaired) electrons. The largest absolute Gasteiger partial charge is 0.573 e. The summed E-state index contributed by atoms with van der Waals surface area (Å²) in [4.78, 5) is 0. The minimum absolute atomic E-state index is 0.280. The Morgan fingerprint density at radius 1 is 1.00 bits per heavy atom. The molecule has 1 N–H and O–H groups in total. The highest BCUT2D eigenvalue weighted by molar-refractivity contribution is 5.74. The summed E-state index contributed by atoms with van der Waals surface area (Å²) >= 11 is 0. The molecule has 1 aromatic heterocycles. The lowest BCUT2D eigenvalue weighted by Gasteiger charge is -2.10. The molecule has 1 aliphatic heterocycles. The van der Waals surface area contributed by atoms with E-state index in [1.54, 1.807) is 18.9 Å². The second-order valence-corrected chi connectivity index (χ2v) is 6.38. The first-order chi connectivity index (χ1) is 13.9. The number of aromatic nitrogens is 2. The number of methoxy groups -OCH3 is 2. The molecule has 4 rings (SSSR count). The van der Waals surface area contributed by atoms with Crippen LogP contribution in [0.4, 0.5) is 19.0 Å². The maximum absolute atomic E-state index is 12.4. The topological polar surface area (TPSA) is 57.5 Å². The van der Waals surface area contributed by atoms with Gasteiger partial charge in [-0.1, -0.05) is 0 Å². The van der Waals surface area contributed by atoms with Gasteiger partial charge in [-0.05, 0) is 48.9 Å². The second-order valence-electron chi connectivity index (χ2n) is 6.38. The lowest BCUT2D eigenvalue weighted by molar-refractivity contribution is -0.274.